The molecule has 27 heavy (non-hydrogen) atoms. The Labute approximate surface area is 158 Å². The van der Waals surface area contributed by atoms with E-state index in [1.165, 1.54) is 33.6 Å². The normalized spacial score (nSPS) is 14.8. The highest BCUT2D eigenvalue weighted by molar-refractivity contribution is 7.20. The summed E-state index contributed by atoms with van der Waals surface area (Å²) in [5, 5.41) is 5.19. The molecule has 0 radical (unpaired) electrons. The van der Waals surface area contributed by atoms with Gasteiger partial charge in [0.05, 0.1) is 0 Å². The first-order chi connectivity index (χ1) is 13.0. The van der Waals surface area contributed by atoms with Gasteiger partial charge in [0.25, 0.3) is 5.56 Å². The van der Waals surface area contributed by atoms with Gasteiger partial charge in [-0.1, -0.05) is 36.0 Å². The molecule has 1 fully saturated rings. The Balaban J connectivity index is 1.51. The van der Waals surface area contributed by atoms with E-state index in [4.69, 9.17) is 0 Å². The number of nitrogens with zero attached hydrogens (tertiary/aromatic N) is 4. The van der Waals surface area contributed by atoms with Gasteiger partial charge >= 0.3 is 0 Å². The molecule has 8 heteroatoms. The molecule has 3 heterocycles. The van der Waals surface area contributed by atoms with Crippen LogP contribution in [0.4, 0.5) is 13.9 Å². The average molecular weight is 388 g/mol. The molecule has 4 rings (SSSR count). The largest absolute Gasteiger partial charge is 0.346 e. The van der Waals surface area contributed by atoms with Gasteiger partial charge in [0.1, 0.15) is 0 Å². The Morgan fingerprint density at radius 3 is 2.67 bits per heavy atom. The van der Waals surface area contributed by atoms with Crippen molar-refractivity contribution in [2.75, 3.05) is 18.0 Å². The first kappa shape index (κ1) is 17.8. The van der Waals surface area contributed by atoms with Gasteiger partial charge in [-0.25, -0.2) is 13.8 Å². The van der Waals surface area contributed by atoms with Gasteiger partial charge in [0.15, 0.2) is 11.6 Å². The fourth-order valence-corrected chi connectivity index (χ4v) is 4.10. The summed E-state index contributed by atoms with van der Waals surface area (Å²) in [6, 6.07) is 5.46. The van der Waals surface area contributed by atoms with Crippen molar-refractivity contribution in [1.29, 1.82) is 0 Å². The minimum atomic E-state index is -0.835. The zero-order valence-electron chi connectivity index (χ0n) is 14.8. The Morgan fingerprint density at radius 1 is 1.19 bits per heavy atom. The minimum absolute atomic E-state index is 0.157. The predicted octanol–water partition coefficient (Wildman–Crippen LogP) is 3.68. The third-order valence-electron chi connectivity index (χ3n) is 4.64. The average Bonchev–Trinajstić information content (AvgIpc) is 3.10. The second-order valence-electron chi connectivity index (χ2n) is 6.48. The summed E-state index contributed by atoms with van der Waals surface area (Å²) in [6.45, 7) is 3.47. The molecule has 0 unspecified atom stereocenters. The Morgan fingerprint density at radius 2 is 1.96 bits per heavy atom. The highest BCUT2D eigenvalue weighted by Gasteiger charge is 2.19. The second kappa shape index (κ2) is 7.19. The molecule has 0 spiro atoms. The van der Waals surface area contributed by atoms with Crippen molar-refractivity contribution in [3.8, 4) is 0 Å². The number of aryl methyl sites for hydroxylation is 1. The topological polar surface area (TPSA) is 50.5 Å². The highest BCUT2D eigenvalue weighted by atomic mass is 32.1. The lowest BCUT2D eigenvalue weighted by atomic mass is 10.0. The number of anilines is 1. The molecule has 1 saturated heterocycles. The fourth-order valence-electron chi connectivity index (χ4n) is 3.12. The van der Waals surface area contributed by atoms with Gasteiger partial charge in [-0.3, -0.25) is 4.79 Å². The molecule has 0 N–H and O–H groups in total. The van der Waals surface area contributed by atoms with Crippen molar-refractivity contribution in [2.24, 2.45) is 0 Å². The summed E-state index contributed by atoms with van der Waals surface area (Å²) in [5.41, 5.74) is 2.46. The highest BCUT2D eigenvalue weighted by Crippen LogP contribution is 2.27. The molecule has 0 saturated carbocycles. The molecule has 0 aliphatic carbocycles. The molecule has 3 aromatic rings. The van der Waals surface area contributed by atoms with Crippen LogP contribution in [-0.4, -0.2) is 27.7 Å². The van der Waals surface area contributed by atoms with Gasteiger partial charge in [-0.2, -0.15) is 4.52 Å². The monoisotopic (exact) mass is 388 g/mol. The molecular formula is C19H18F2N4OS. The van der Waals surface area contributed by atoms with E-state index in [-0.39, 0.29) is 5.56 Å². The van der Waals surface area contributed by atoms with E-state index >= 15 is 0 Å². The van der Waals surface area contributed by atoms with Gasteiger partial charge in [0, 0.05) is 24.8 Å². The Kier molecular flexibility index (Phi) is 4.73. The molecule has 0 bridgehead atoms. The van der Waals surface area contributed by atoms with Gasteiger partial charge < -0.3 is 4.90 Å². The van der Waals surface area contributed by atoms with E-state index in [1.54, 1.807) is 6.07 Å². The lowest BCUT2D eigenvalue weighted by molar-refractivity contribution is 0.508. The van der Waals surface area contributed by atoms with Crippen LogP contribution in [0, 0.1) is 11.6 Å². The minimum Gasteiger partial charge on any atom is -0.346 e. The molecule has 0 atom stereocenters. The summed E-state index contributed by atoms with van der Waals surface area (Å²) in [7, 11) is 0. The van der Waals surface area contributed by atoms with E-state index in [1.807, 2.05) is 13.0 Å². The van der Waals surface area contributed by atoms with Crippen molar-refractivity contribution in [2.45, 2.75) is 26.2 Å². The summed E-state index contributed by atoms with van der Waals surface area (Å²) in [5.74, 6) is -1.67. The molecule has 1 aliphatic heterocycles. The number of aromatic nitrogens is 3. The summed E-state index contributed by atoms with van der Waals surface area (Å²) in [4.78, 5) is 19.4. The Bertz CT molecular complexity index is 1080. The molecule has 1 aliphatic rings. The van der Waals surface area contributed by atoms with Crippen LogP contribution in [0.15, 0.2) is 34.6 Å². The van der Waals surface area contributed by atoms with Crippen LogP contribution >= 0.6 is 11.3 Å². The van der Waals surface area contributed by atoms with E-state index in [0.717, 1.165) is 42.8 Å². The van der Waals surface area contributed by atoms with E-state index in [0.29, 0.717) is 16.9 Å². The van der Waals surface area contributed by atoms with Crippen molar-refractivity contribution in [1.82, 2.24) is 14.6 Å². The second-order valence-corrected chi connectivity index (χ2v) is 7.42. The van der Waals surface area contributed by atoms with Crippen molar-refractivity contribution >= 4 is 27.5 Å². The third-order valence-corrected chi connectivity index (χ3v) is 5.61. The van der Waals surface area contributed by atoms with Crippen molar-refractivity contribution in [3.63, 3.8) is 0 Å². The van der Waals surface area contributed by atoms with Gasteiger partial charge in [-0.05, 0) is 37.0 Å². The molecular weight excluding hydrogens is 370 g/mol. The van der Waals surface area contributed by atoms with Crippen LogP contribution in [0.1, 0.15) is 31.0 Å². The maximum atomic E-state index is 13.4. The van der Waals surface area contributed by atoms with Crippen LogP contribution in [-0.2, 0) is 6.42 Å². The van der Waals surface area contributed by atoms with Crippen LogP contribution < -0.4 is 10.5 Å². The third kappa shape index (κ3) is 3.62. The summed E-state index contributed by atoms with van der Waals surface area (Å²) < 4.78 is 27.7. The number of benzene rings is 1. The maximum Gasteiger partial charge on any atom is 0.275 e. The van der Waals surface area contributed by atoms with Crippen molar-refractivity contribution < 1.29 is 8.78 Å². The number of halogens is 2. The van der Waals surface area contributed by atoms with E-state index < -0.39 is 11.6 Å². The zero-order chi connectivity index (χ0) is 19.0. The number of rotatable bonds is 3. The maximum absolute atomic E-state index is 13.4. The standard InChI is InChI=1S/C19H18F2N4OS/c1-2-14-11-17(26)25-18(22-14)27-19(23-25)24-7-5-12(6-8-24)9-13-3-4-15(20)16(21)10-13/h3-4,9-11H,2,5-8H2,1H3. The first-order valence-corrected chi connectivity index (χ1v) is 9.64. The lowest BCUT2D eigenvalue weighted by Crippen LogP contribution is -2.30. The number of hydrogen-bond donors (Lipinski definition) is 0. The summed E-state index contributed by atoms with van der Waals surface area (Å²) in [6.07, 6.45) is 4.23. The van der Waals surface area contributed by atoms with Crippen molar-refractivity contribution in [3.05, 3.63) is 63.1 Å². The molecule has 5 nitrogen and oxygen atoms in total. The number of fused-ring (bicyclic) bond motifs is 1. The molecule has 2 aromatic heterocycles. The SMILES string of the molecule is CCc1cc(=O)n2nc(N3CCC(=Cc4ccc(F)c(F)c4)CC3)sc2n1. The van der Waals surface area contributed by atoms with Crippen LogP contribution in [0.25, 0.3) is 11.0 Å². The number of piperidine rings is 1. The first-order valence-electron chi connectivity index (χ1n) is 8.82. The van der Waals surface area contributed by atoms with Gasteiger partial charge in [-0.15, -0.1) is 5.10 Å². The fraction of sp³-hybridized carbons (Fsp3) is 0.316. The molecule has 0 amide bonds. The van der Waals surface area contributed by atoms with Crippen LogP contribution in [0.2, 0.25) is 0 Å². The Hall–Kier alpha value is -2.61. The zero-order valence-corrected chi connectivity index (χ0v) is 15.6. The summed E-state index contributed by atoms with van der Waals surface area (Å²) >= 11 is 1.41. The molecule has 140 valence electrons. The molecule has 1 aromatic carbocycles. The predicted molar refractivity (Wildman–Crippen MR) is 102 cm³/mol. The number of hydrogen-bond acceptors (Lipinski definition) is 5. The van der Waals surface area contributed by atoms with E-state index in [2.05, 4.69) is 15.0 Å². The van der Waals surface area contributed by atoms with Crippen LogP contribution in [0.5, 0.6) is 0 Å². The smallest absolute Gasteiger partial charge is 0.275 e. The quantitative estimate of drug-likeness (QED) is 0.687. The van der Waals surface area contributed by atoms with Gasteiger partial charge in [0.2, 0.25) is 10.1 Å². The van der Waals surface area contributed by atoms with E-state index in [9.17, 15) is 13.6 Å². The lowest BCUT2D eigenvalue weighted by Gasteiger charge is -2.27. The van der Waals surface area contributed by atoms with Crippen LogP contribution in [0.3, 0.4) is 0 Å².